The van der Waals surface area contributed by atoms with Crippen LogP contribution in [-0.4, -0.2) is 20.4 Å². The van der Waals surface area contributed by atoms with Gasteiger partial charge in [-0.05, 0) is 74.9 Å². The van der Waals surface area contributed by atoms with E-state index in [1.807, 2.05) is 30.3 Å². The minimum atomic E-state index is 0.761. The minimum Gasteiger partial charge on any atom is -0.399 e. The number of nitrogens with one attached hydrogen (secondary N) is 2. The number of fused-ring (bicyclic) bond motifs is 2. The normalized spacial score (nSPS) is 10.6. The summed E-state index contributed by atoms with van der Waals surface area (Å²) >= 11 is 5.64. The number of H-pyrrole nitrogens is 2. The minimum absolute atomic E-state index is 0.761. The van der Waals surface area contributed by atoms with Gasteiger partial charge in [0.15, 0.2) is 0 Å². The van der Waals surface area contributed by atoms with E-state index in [1.54, 1.807) is 6.20 Å². The number of rotatable bonds is 0. The lowest BCUT2D eigenvalue weighted by molar-refractivity contribution is 1.10. The Bertz CT molecular complexity index is 899. The van der Waals surface area contributed by atoms with Crippen molar-refractivity contribution in [3.05, 3.63) is 50.8 Å². The lowest BCUT2D eigenvalue weighted by atomic mass is 10.2. The quantitative estimate of drug-likeness (QED) is 0.276. The Hall–Kier alpha value is -1.61. The Labute approximate surface area is 142 Å². The smallest absolute Gasteiger partial charge is 0.108 e. The van der Waals surface area contributed by atoms with E-state index in [-0.39, 0.29) is 0 Å². The molecule has 0 amide bonds. The number of nitrogen functional groups attached to an aromatic ring is 1. The summed E-state index contributed by atoms with van der Waals surface area (Å²) in [6.45, 7) is 0. The Kier molecular flexibility index (Phi) is 4.11. The van der Waals surface area contributed by atoms with E-state index in [2.05, 4.69) is 65.0 Å². The zero-order valence-corrected chi connectivity index (χ0v) is 14.5. The van der Waals surface area contributed by atoms with Crippen LogP contribution in [0.1, 0.15) is 0 Å². The van der Waals surface area contributed by atoms with Gasteiger partial charge in [0.2, 0.25) is 0 Å². The zero-order chi connectivity index (χ0) is 14.8. The number of hydrogen-bond donors (Lipinski definition) is 3. The van der Waals surface area contributed by atoms with Crippen molar-refractivity contribution in [3.63, 3.8) is 0 Å². The van der Waals surface area contributed by atoms with E-state index in [0.29, 0.717) is 0 Å². The third kappa shape index (κ3) is 3.18. The first-order valence-electron chi connectivity index (χ1n) is 6.11. The van der Waals surface area contributed by atoms with Gasteiger partial charge in [-0.25, -0.2) is 0 Å². The predicted molar refractivity (Wildman–Crippen MR) is 97.0 cm³/mol. The number of halogens is 2. The van der Waals surface area contributed by atoms with Gasteiger partial charge < -0.3 is 5.73 Å². The molecule has 5 nitrogen and oxygen atoms in total. The maximum atomic E-state index is 5.54. The van der Waals surface area contributed by atoms with Crippen molar-refractivity contribution in [3.8, 4) is 0 Å². The van der Waals surface area contributed by atoms with Gasteiger partial charge in [-0.1, -0.05) is 0 Å². The van der Waals surface area contributed by atoms with Gasteiger partial charge in [0.25, 0.3) is 0 Å². The van der Waals surface area contributed by atoms with Crippen molar-refractivity contribution in [2.45, 2.75) is 0 Å². The molecule has 0 atom stereocenters. The fourth-order valence-corrected chi connectivity index (χ4v) is 2.81. The molecule has 0 saturated heterocycles. The molecule has 0 aliphatic carbocycles. The van der Waals surface area contributed by atoms with Crippen molar-refractivity contribution < 1.29 is 0 Å². The average molecular weight is 456 g/mol. The van der Waals surface area contributed by atoms with E-state index < -0.39 is 0 Å². The van der Waals surface area contributed by atoms with Crippen LogP contribution in [0.2, 0.25) is 0 Å². The number of hydrogen-bond acceptors (Lipinski definition) is 3. The Morgan fingerprint density at radius 1 is 1.10 bits per heavy atom. The summed E-state index contributed by atoms with van der Waals surface area (Å²) in [5.74, 6) is 0. The summed E-state index contributed by atoms with van der Waals surface area (Å²) in [5.41, 5.74) is 8.29. The number of anilines is 1. The van der Waals surface area contributed by atoms with Crippen LogP contribution in [0, 0.1) is 3.57 Å². The van der Waals surface area contributed by atoms with E-state index in [1.165, 1.54) is 3.57 Å². The van der Waals surface area contributed by atoms with Crippen LogP contribution in [0.5, 0.6) is 0 Å². The number of nitrogens with zero attached hydrogens (tertiary/aromatic N) is 2. The summed E-state index contributed by atoms with van der Waals surface area (Å²) in [7, 11) is 0. The summed E-state index contributed by atoms with van der Waals surface area (Å²) < 4.78 is 2.15. The second kappa shape index (κ2) is 6.02. The summed E-state index contributed by atoms with van der Waals surface area (Å²) in [6, 6.07) is 11.8. The largest absolute Gasteiger partial charge is 0.399 e. The molecule has 2 aromatic carbocycles. The Morgan fingerprint density at radius 3 is 2.81 bits per heavy atom. The molecule has 21 heavy (non-hydrogen) atoms. The topological polar surface area (TPSA) is 83.4 Å². The van der Waals surface area contributed by atoms with Crippen molar-refractivity contribution >= 4 is 66.0 Å². The summed E-state index contributed by atoms with van der Waals surface area (Å²) in [4.78, 5) is 0. The van der Waals surface area contributed by atoms with Crippen LogP contribution in [0.25, 0.3) is 21.8 Å². The molecule has 0 aliphatic rings. The highest BCUT2D eigenvalue weighted by molar-refractivity contribution is 14.1. The molecule has 2 aromatic heterocycles. The van der Waals surface area contributed by atoms with Crippen LogP contribution >= 0.6 is 38.5 Å². The van der Waals surface area contributed by atoms with Crippen molar-refractivity contribution in [1.29, 1.82) is 0 Å². The lowest BCUT2D eigenvalue weighted by Gasteiger charge is -1.89. The van der Waals surface area contributed by atoms with Crippen molar-refractivity contribution in [1.82, 2.24) is 20.4 Å². The van der Waals surface area contributed by atoms with Crippen molar-refractivity contribution in [2.24, 2.45) is 0 Å². The monoisotopic (exact) mass is 455 g/mol. The van der Waals surface area contributed by atoms with Gasteiger partial charge in [-0.3, -0.25) is 10.2 Å². The van der Waals surface area contributed by atoms with Crippen LogP contribution in [-0.2, 0) is 0 Å². The molecule has 7 heteroatoms. The van der Waals surface area contributed by atoms with Gasteiger partial charge in [-0.2, -0.15) is 10.2 Å². The van der Waals surface area contributed by atoms with E-state index >= 15 is 0 Å². The highest BCUT2D eigenvalue weighted by Gasteiger charge is 2.00. The fraction of sp³-hybridized carbons (Fsp3) is 0. The van der Waals surface area contributed by atoms with Crippen LogP contribution in [0.3, 0.4) is 0 Å². The molecule has 0 aliphatic heterocycles. The molecule has 0 radical (unpaired) electrons. The molecule has 4 rings (SSSR count). The standard InChI is InChI=1S/C7H4BrIN2.C7H7N3/c8-7-5-2-1-4(9)3-6(5)10-11-7;8-6-2-1-5-4-9-10-7(5)3-6/h1-3H,(H,10,11);1-4H,8H2,(H,9,10). The van der Waals surface area contributed by atoms with Gasteiger partial charge in [0.1, 0.15) is 4.60 Å². The third-order valence-electron chi connectivity index (χ3n) is 2.94. The molecular weight excluding hydrogens is 445 g/mol. The molecule has 0 bridgehead atoms. The van der Waals surface area contributed by atoms with E-state index in [9.17, 15) is 0 Å². The number of aromatic amines is 2. The highest BCUT2D eigenvalue weighted by Crippen LogP contribution is 2.22. The molecule has 106 valence electrons. The molecule has 0 fully saturated rings. The maximum Gasteiger partial charge on any atom is 0.108 e. The van der Waals surface area contributed by atoms with E-state index in [4.69, 9.17) is 5.73 Å². The highest BCUT2D eigenvalue weighted by atomic mass is 127. The number of nitrogens with two attached hydrogens (primary N) is 1. The molecular formula is C14H11BrIN5. The first-order chi connectivity index (χ1) is 10.1. The molecule has 0 unspecified atom stereocenters. The zero-order valence-electron chi connectivity index (χ0n) is 10.8. The number of benzene rings is 2. The first-order valence-corrected chi connectivity index (χ1v) is 7.98. The first kappa shape index (κ1) is 14.3. The lowest BCUT2D eigenvalue weighted by Crippen LogP contribution is -1.81. The molecule has 4 aromatic rings. The van der Waals surface area contributed by atoms with Gasteiger partial charge in [0.05, 0.1) is 17.2 Å². The fourth-order valence-electron chi connectivity index (χ4n) is 1.91. The second-order valence-corrected chi connectivity index (χ2v) is 6.45. The number of aromatic nitrogens is 4. The van der Waals surface area contributed by atoms with E-state index in [0.717, 1.165) is 32.1 Å². The second-order valence-electron chi connectivity index (χ2n) is 4.42. The Balaban J connectivity index is 0.000000126. The maximum absolute atomic E-state index is 5.54. The average Bonchev–Trinajstić information content (AvgIpc) is 3.06. The molecule has 0 spiro atoms. The van der Waals surface area contributed by atoms with Gasteiger partial charge >= 0.3 is 0 Å². The molecule has 0 saturated carbocycles. The van der Waals surface area contributed by atoms with Crippen LogP contribution in [0.15, 0.2) is 47.2 Å². The summed E-state index contributed by atoms with van der Waals surface area (Å²) in [5, 5.41) is 15.9. The summed E-state index contributed by atoms with van der Waals surface area (Å²) in [6.07, 6.45) is 1.77. The van der Waals surface area contributed by atoms with Crippen molar-refractivity contribution in [2.75, 3.05) is 5.73 Å². The third-order valence-corrected chi connectivity index (χ3v) is 4.21. The van der Waals surface area contributed by atoms with Gasteiger partial charge in [0, 0.05) is 20.0 Å². The van der Waals surface area contributed by atoms with Crippen LogP contribution < -0.4 is 5.73 Å². The Morgan fingerprint density at radius 2 is 1.95 bits per heavy atom. The predicted octanol–water partition coefficient (Wildman–Crippen LogP) is 4.08. The van der Waals surface area contributed by atoms with Crippen LogP contribution in [0.4, 0.5) is 5.69 Å². The SMILES string of the molecule is Brc1[nH]nc2cc(I)ccc12.Nc1ccc2cn[nH]c2c1. The molecule has 2 heterocycles. The molecule has 4 N–H and O–H groups in total. The van der Waals surface area contributed by atoms with Gasteiger partial charge in [-0.15, -0.1) is 0 Å².